The number of allylic oxidation sites excluding steroid dienone is 3. The van der Waals surface area contributed by atoms with Gasteiger partial charge in [-0.25, -0.2) is 0 Å². The molecule has 0 saturated heterocycles. The zero-order chi connectivity index (χ0) is 25.2. The number of nitriles is 1. The van der Waals surface area contributed by atoms with Gasteiger partial charge in [-0.1, -0.05) is 48.4 Å². The molecule has 2 aliphatic carbocycles. The number of hydrogen-bond donors (Lipinski definition) is 1. The molecule has 1 aromatic heterocycles. The normalized spacial score (nSPS) is 20.9. The van der Waals surface area contributed by atoms with Gasteiger partial charge in [0.25, 0.3) is 0 Å². The zero-order valence-electron chi connectivity index (χ0n) is 20.5. The molecule has 0 radical (unpaired) electrons. The van der Waals surface area contributed by atoms with Crippen molar-refractivity contribution in [3.05, 3.63) is 46.4 Å². The predicted molar refractivity (Wildman–Crippen MR) is 140 cm³/mol. The highest BCUT2D eigenvalue weighted by atomic mass is 32.2. The standard InChI is InChI=1S/C26H29N5O3S2/c1-33-15-11-12-17(21(13-15)34-2)22-18(14-27)24(28)31(19-9-6-10-20(32)23(19)22)25-29-30-26(36-25)35-16-7-4-3-5-8-16/h11-13,16,22H,3-10,28H2,1-2H3. The molecule has 188 valence electrons. The van der Waals surface area contributed by atoms with Crippen LogP contribution >= 0.6 is 23.1 Å². The van der Waals surface area contributed by atoms with Gasteiger partial charge in [0, 0.05) is 34.6 Å². The lowest BCUT2D eigenvalue weighted by molar-refractivity contribution is -0.116. The van der Waals surface area contributed by atoms with Crippen LogP contribution in [0.15, 0.2) is 45.2 Å². The molecule has 0 amide bonds. The summed E-state index contributed by atoms with van der Waals surface area (Å²) in [6, 6.07) is 7.72. The maximum absolute atomic E-state index is 13.4. The Bertz CT molecular complexity index is 1270. The lowest BCUT2D eigenvalue weighted by Crippen LogP contribution is -2.38. The largest absolute Gasteiger partial charge is 0.497 e. The number of aromatic nitrogens is 2. The SMILES string of the molecule is COc1ccc(C2C(C#N)=C(N)N(c3nnc(SC4CCCCC4)s3)C3=C2C(=O)CCC3)c(OC)c1. The van der Waals surface area contributed by atoms with E-state index in [2.05, 4.69) is 16.3 Å². The van der Waals surface area contributed by atoms with Crippen LogP contribution in [0.25, 0.3) is 0 Å². The quantitative estimate of drug-likeness (QED) is 0.539. The van der Waals surface area contributed by atoms with Gasteiger partial charge in [-0.3, -0.25) is 9.69 Å². The molecular formula is C26H29N5O3S2. The molecule has 1 atom stereocenters. The van der Waals surface area contributed by atoms with E-state index in [0.29, 0.717) is 57.3 Å². The first-order chi connectivity index (χ1) is 17.5. The summed E-state index contributed by atoms with van der Waals surface area (Å²) in [5, 5.41) is 20.3. The van der Waals surface area contributed by atoms with Crippen LogP contribution in [0, 0.1) is 11.3 Å². The first kappa shape index (κ1) is 24.7. The smallest absolute Gasteiger partial charge is 0.219 e. The molecule has 10 heteroatoms. The van der Waals surface area contributed by atoms with Crippen molar-refractivity contribution in [1.82, 2.24) is 10.2 Å². The Morgan fingerprint density at radius 1 is 1.14 bits per heavy atom. The fourth-order valence-electron chi connectivity index (χ4n) is 5.34. The first-order valence-electron chi connectivity index (χ1n) is 12.2. The Kier molecular flexibility index (Phi) is 7.21. The fraction of sp³-hybridized carbons (Fsp3) is 0.462. The van der Waals surface area contributed by atoms with Gasteiger partial charge in [0.05, 0.1) is 31.8 Å². The third kappa shape index (κ3) is 4.46. The second kappa shape index (κ2) is 10.5. The van der Waals surface area contributed by atoms with E-state index in [1.165, 1.54) is 43.4 Å². The Balaban J connectivity index is 1.59. The van der Waals surface area contributed by atoms with Gasteiger partial charge in [0.1, 0.15) is 17.3 Å². The van der Waals surface area contributed by atoms with Crippen LogP contribution in [-0.4, -0.2) is 35.5 Å². The molecule has 1 fully saturated rings. The van der Waals surface area contributed by atoms with Crippen LogP contribution < -0.4 is 20.1 Å². The molecule has 3 aliphatic rings. The molecule has 0 bridgehead atoms. The van der Waals surface area contributed by atoms with E-state index in [1.807, 2.05) is 12.1 Å². The van der Waals surface area contributed by atoms with Crippen molar-refractivity contribution in [3.63, 3.8) is 0 Å². The highest BCUT2D eigenvalue weighted by Crippen LogP contribution is 2.49. The van der Waals surface area contributed by atoms with Crippen LogP contribution in [0.2, 0.25) is 0 Å². The lowest BCUT2D eigenvalue weighted by Gasteiger charge is -2.38. The second-order valence-corrected chi connectivity index (χ2v) is 11.7. The number of ether oxygens (including phenoxy) is 2. The molecular weight excluding hydrogens is 494 g/mol. The Hall–Kier alpha value is -3.03. The van der Waals surface area contributed by atoms with E-state index in [0.717, 1.165) is 16.5 Å². The summed E-state index contributed by atoms with van der Waals surface area (Å²) in [6.07, 6.45) is 8.02. The van der Waals surface area contributed by atoms with E-state index in [9.17, 15) is 10.1 Å². The van der Waals surface area contributed by atoms with Gasteiger partial charge < -0.3 is 15.2 Å². The molecule has 2 aromatic rings. The van der Waals surface area contributed by atoms with Gasteiger partial charge in [0.15, 0.2) is 10.1 Å². The van der Waals surface area contributed by atoms with Crippen molar-refractivity contribution in [2.24, 2.45) is 5.73 Å². The number of ketones is 1. The van der Waals surface area contributed by atoms with E-state index in [1.54, 1.807) is 36.9 Å². The van der Waals surface area contributed by atoms with Crippen LogP contribution in [0.4, 0.5) is 5.13 Å². The van der Waals surface area contributed by atoms with Crippen LogP contribution in [-0.2, 0) is 4.79 Å². The summed E-state index contributed by atoms with van der Waals surface area (Å²) in [5.41, 5.74) is 9.11. The summed E-state index contributed by atoms with van der Waals surface area (Å²) in [4.78, 5) is 15.2. The van der Waals surface area contributed by atoms with E-state index < -0.39 is 5.92 Å². The number of carbonyl (C=O) groups is 1. The topological polar surface area (TPSA) is 114 Å². The third-order valence-corrected chi connectivity index (χ3v) is 9.40. The number of methoxy groups -OCH3 is 2. The molecule has 36 heavy (non-hydrogen) atoms. The zero-order valence-corrected chi connectivity index (χ0v) is 22.1. The van der Waals surface area contributed by atoms with Crippen molar-refractivity contribution >= 4 is 34.0 Å². The minimum atomic E-state index is -0.612. The number of anilines is 1. The number of Topliss-reactive ketones (excluding diaryl/α,β-unsaturated/α-hetero) is 1. The predicted octanol–water partition coefficient (Wildman–Crippen LogP) is 5.28. The number of benzene rings is 1. The Labute approximate surface area is 219 Å². The number of thioether (sulfide) groups is 1. The molecule has 2 heterocycles. The summed E-state index contributed by atoms with van der Waals surface area (Å²) in [6.45, 7) is 0. The number of hydrogen-bond acceptors (Lipinski definition) is 10. The van der Waals surface area contributed by atoms with Gasteiger partial charge in [-0.15, -0.1) is 10.2 Å². The third-order valence-electron chi connectivity index (χ3n) is 7.07. The molecule has 1 unspecified atom stereocenters. The summed E-state index contributed by atoms with van der Waals surface area (Å²) in [5.74, 6) is 0.869. The maximum Gasteiger partial charge on any atom is 0.219 e. The van der Waals surface area contributed by atoms with Gasteiger partial charge >= 0.3 is 0 Å². The molecule has 8 nitrogen and oxygen atoms in total. The molecule has 5 rings (SSSR count). The van der Waals surface area contributed by atoms with Gasteiger partial charge in [-0.05, 0) is 31.7 Å². The monoisotopic (exact) mass is 523 g/mol. The Morgan fingerprint density at radius 3 is 2.67 bits per heavy atom. The molecule has 1 saturated carbocycles. The highest BCUT2D eigenvalue weighted by Gasteiger charge is 2.42. The summed E-state index contributed by atoms with van der Waals surface area (Å²) >= 11 is 3.25. The van der Waals surface area contributed by atoms with Crippen LogP contribution in [0.1, 0.15) is 62.8 Å². The summed E-state index contributed by atoms with van der Waals surface area (Å²) < 4.78 is 11.9. The van der Waals surface area contributed by atoms with Crippen molar-refractivity contribution in [2.45, 2.75) is 66.9 Å². The van der Waals surface area contributed by atoms with Crippen molar-refractivity contribution in [2.75, 3.05) is 19.1 Å². The van der Waals surface area contributed by atoms with E-state index in [4.69, 9.17) is 15.2 Å². The number of nitrogens with zero attached hydrogens (tertiary/aromatic N) is 4. The van der Waals surface area contributed by atoms with E-state index >= 15 is 0 Å². The molecule has 2 N–H and O–H groups in total. The molecule has 0 spiro atoms. The number of carbonyl (C=O) groups excluding carboxylic acids is 1. The highest BCUT2D eigenvalue weighted by molar-refractivity contribution is 8.01. The second-order valence-electron chi connectivity index (χ2n) is 9.15. The van der Waals surface area contributed by atoms with Crippen LogP contribution in [0.5, 0.6) is 11.5 Å². The average molecular weight is 524 g/mol. The minimum absolute atomic E-state index is 0.0192. The average Bonchev–Trinajstić information content (AvgIpc) is 3.36. The number of rotatable bonds is 6. The van der Waals surface area contributed by atoms with Crippen molar-refractivity contribution in [3.8, 4) is 17.6 Å². The molecule has 1 aliphatic heterocycles. The van der Waals surface area contributed by atoms with Gasteiger partial charge in [0.2, 0.25) is 5.13 Å². The van der Waals surface area contributed by atoms with Crippen molar-refractivity contribution < 1.29 is 14.3 Å². The minimum Gasteiger partial charge on any atom is -0.497 e. The first-order valence-corrected chi connectivity index (χ1v) is 13.9. The maximum atomic E-state index is 13.4. The summed E-state index contributed by atoms with van der Waals surface area (Å²) in [7, 11) is 3.15. The molecule has 1 aromatic carbocycles. The van der Waals surface area contributed by atoms with Crippen molar-refractivity contribution in [1.29, 1.82) is 5.26 Å². The number of nitrogens with two attached hydrogens (primary N) is 1. The van der Waals surface area contributed by atoms with Gasteiger partial charge in [-0.2, -0.15) is 5.26 Å². The van der Waals surface area contributed by atoms with E-state index in [-0.39, 0.29) is 5.78 Å². The lowest BCUT2D eigenvalue weighted by atomic mass is 9.75. The fourth-order valence-corrected chi connectivity index (χ4v) is 7.72. The van der Waals surface area contributed by atoms with Crippen LogP contribution in [0.3, 0.4) is 0 Å². The Morgan fingerprint density at radius 2 is 1.94 bits per heavy atom.